The minimum atomic E-state index is -0.506. The molecule has 0 saturated heterocycles. The number of halogens is 1. The van der Waals surface area contributed by atoms with Crippen LogP contribution in [-0.4, -0.2) is 21.4 Å². The lowest BCUT2D eigenvalue weighted by molar-refractivity contribution is -0.384. The fourth-order valence-electron chi connectivity index (χ4n) is 1.45. The van der Waals surface area contributed by atoms with Gasteiger partial charge in [-0.25, -0.2) is 4.39 Å². The first-order valence-electron chi connectivity index (χ1n) is 4.38. The topological polar surface area (TPSA) is 61.0 Å². The second-order valence-corrected chi connectivity index (χ2v) is 3.06. The van der Waals surface area contributed by atoms with Crippen molar-refractivity contribution in [1.29, 1.82) is 0 Å². The van der Waals surface area contributed by atoms with Gasteiger partial charge in [-0.1, -0.05) is 0 Å². The van der Waals surface area contributed by atoms with E-state index < -0.39 is 11.6 Å². The van der Waals surface area contributed by atoms with Gasteiger partial charge in [0.15, 0.2) is 0 Å². The molecule has 0 atom stereocenters. The fourth-order valence-corrected chi connectivity index (χ4v) is 1.45. The molecule has 1 heterocycles. The molecule has 6 heteroatoms. The second kappa shape index (κ2) is 3.64. The van der Waals surface area contributed by atoms with Crippen LogP contribution >= 0.6 is 0 Å². The highest BCUT2D eigenvalue weighted by molar-refractivity contribution is 5.81. The number of nitro benzene ring substituents is 1. The first-order chi connectivity index (χ1) is 7.22. The maximum atomic E-state index is 12.1. The Bertz CT molecular complexity index is 509. The van der Waals surface area contributed by atoms with Gasteiger partial charge in [0.25, 0.3) is 5.69 Å². The lowest BCUT2D eigenvalue weighted by atomic mass is 10.2. The van der Waals surface area contributed by atoms with E-state index in [4.69, 9.17) is 0 Å². The number of nitrogens with zero attached hydrogens (tertiary/aromatic N) is 3. The van der Waals surface area contributed by atoms with Crippen LogP contribution in [0.3, 0.4) is 0 Å². The molecular formula is C9H8FN3O2. The molecule has 0 spiro atoms. The molecule has 0 aliphatic carbocycles. The Balaban J connectivity index is 2.51. The van der Waals surface area contributed by atoms with Gasteiger partial charge in [0, 0.05) is 17.5 Å². The summed E-state index contributed by atoms with van der Waals surface area (Å²) in [6.45, 7) is -0.338. The molecule has 1 aromatic heterocycles. The van der Waals surface area contributed by atoms with Gasteiger partial charge in [0.1, 0.15) is 6.67 Å². The SMILES string of the molecule is O=[N+]([O-])c1ccc2c(cnn2CCF)c1. The van der Waals surface area contributed by atoms with E-state index in [1.807, 2.05) is 0 Å². The van der Waals surface area contributed by atoms with Gasteiger partial charge in [-0.2, -0.15) is 5.10 Å². The molecular weight excluding hydrogens is 201 g/mol. The lowest BCUT2D eigenvalue weighted by Gasteiger charge is -1.98. The molecule has 15 heavy (non-hydrogen) atoms. The van der Waals surface area contributed by atoms with Crippen molar-refractivity contribution in [2.75, 3.05) is 6.67 Å². The molecule has 0 fully saturated rings. The van der Waals surface area contributed by atoms with Crippen LogP contribution in [0.1, 0.15) is 0 Å². The molecule has 0 unspecified atom stereocenters. The zero-order chi connectivity index (χ0) is 10.8. The Kier molecular flexibility index (Phi) is 2.32. The number of hydrogen-bond acceptors (Lipinski definition) is 3. The monoisotopic (exact) mass is 209 g/mol. The number of nitro groups is 1. The number of alkyl halides is 1. The summed E-state index contributed by atoms with van der Waals surface area (Å²) >= 11 is 0. The first kappa shape index (κ1) is 9.57. The van der Waals surface area contributed by atoms with E-state index >= 15 is 0 Å². The molecule has 0 aliphatic rings. The summed E-state index contributed by atoms with van der Waals surface area (Å²) < 4.78 is 13.6. The minimum absolute atomic E-state index is 0.0160. The number of non-ortho nitro benzene ring substituents is 1. The smallest absolute Gasteiger partial charge is 0.262 e. The van der Waals surface area contributed by atoms with E-state index in [0.717, 1.165) is 0 Å². The highest BCUT2D eigenvalue weighted by atomic mass is 19.1. The molecule has 0 N–H and O–H groups in total. The predicted octanol–water partition coefficient (Wildman–Crippen LogP) is 1.91. The maximum Gasteiger partial charge on any atom is 0.270 e. The molecule has 2 rings (SSSR count). The predicted molar refractivity (Wildman–Crippen MR) is 52.4 cm³/mol. The van der Waals surface area contributed by atoms with Crippen molar-refractivity contribution in [1.82, 2.24) is 9.78 Å². The average Bonchev–Trinajstić information content (AvgIpc) is 2.61. The molecule has 2 aromatic rings. The Morgan fingerprint density at radius 1 is 1.53 bits per heavy atom. The Labute approximate surface area is 84.3 Å². The van der Waals surface area contributed by atoms with E-state index in [1.54, 1.807) is 6.07 Å². The quantitative estimate of drug-likeness (QED) is 0.573. The van der Waals surface area contributed by atoms with Crippen LogP contribution in [0.25, 0.3) is 10.9 Å². The van der Waals surface area contributed by atoms with Crippen molar-refractivity contribution in [3.05, 3.63) is 34.5 Å². The van der Waals surface area contributed by atoms with E-state index in [0.29, 0.717) is 10.9 Å². The van der Waals surface area contributed by atoms with E-state index in [-0.39, 0.29) is 12.2 Å². The Hall–Kier alpha value is -1.98. The molecule has 5 nitrogen and oxygen atoms in total. The van der Waals surface area contributed by atoms with Gasteiger partial charge in [-0.15, -0.1) is 0 Å². The number of benzene rings is 1. The summed E-state index contributed by atoms with van der Waals surface area (Å²) in [4.78, 5) is 10.0. The summed E-state index contributed by atoms with van der Waals surface area (Å²) in [5.41, 5.74) is 0.723. The zero-order valence-corrected chi connectivity index (χ0v) is 7.76. The molecule has 0 saturated carbocycles. The van der Waals surface area contributed by atoms with Gasteiger partial charge in [0.2, 0.25) is 0 Å². The average molecular weight is 209 g/mol. The summed E-state index contributed by atoms with van der Waals surface area (Å²) in [7, 11) is 0. The van der Waals surface area contributed by atoms with Crippen molar-refractivity contribution in [3.63, 3.8) is 0 Å². The van der Waals surface area contributed by atoms with Gasteiger partial charge < -0.3 is 0 Å². The lowest BCUT2D eigenvalue weighted by Crippen LogP contribution is -2.00. The van der Waals surface area contributed by atoms with Crippen LogP contribution < -0.4 is 0 Å². The number of hydrogen-bond donors (Lipinski definition) is 0. The molecule has 0 amide bonds. The van der Waals surface area contributed by atoms with Crippen LogP contribution in [0.2, 0.25) is 0 Å². The first-order valence-corrected chi connectivity index (χ1v) is 4.38. The second-order valence-electron chi connectivity index (χ2n) is 3.06. The van der Waals surface area contributed by atoms with E-state index in [1.165, 1.54) is 23.0 Å². The molecule has 78 valence electrons. The standard InChI is InChI=1S/C9H8FN3O2/c10-3-4-12-9-2-1-8(13(14)15)5-7(9)6-11-12/h1-2,5-6H,3-4H2. The van der Waals surface area contributed by atoms with Crippen LogP contribution in [0, 0.1) is 10.1 Å². The summed E-state index contributed by atoms with van der Waals surface area (Å²) in [5.74, 6) is 0. The Morgan fingerprint density at radius 2 is 2.33 bits per heavy atom. The van der Waals surface area contributed by atoms with Crippen LogP contribution in [-0.2, 0) is 6.54 Å². The molecule has 0 radical (unpaired) electrons. The summed E-state index contributed by atoms with van der Waals surface area (Å²) in [6, 6.07) is 4.39. The largest absolute Gasteiger partial charge is 0.270 e. The normalized spacial score (nSPS) is 10.7. The number of aryl methyl sites for hydroxylation is 1. The highest BCUT2D eigenvalue weighted by Gasteiger charge is 2.09. The molecule has 1 aromatic carbocycles. The zero-order valence-electron chi connectivity index (χ0n) is 7.76. The van der Waals surface area contributed by atoms with E-state index in [9.17, 15) is 14.5 Å². The highest BCUT2D eigenvalue weighted by Crippen LogP contribution is 2.20. The minimum Gasteiger partial charge on any atom is -0.262 e. The van der Waals surface area contributed by atoms with Crippen molar-refractivity contribution in [2.24, 2.45) is 0 Å². The Morgan fingerprint density at radius 3 is 3.00 bits per heavy atom. The van der Waals surface area contributed by atoms with Crippen LogP contribution in [0.15, 0.2) is 24.4 Å². The van der Waals surface area contributed by atoms with Gasteiger partial charge in [-0.3, -0.25) is 14.8 Å². The van der Waals surface area contributed by atoms with Gasteiger partial charge in [-0.05, 0) is 6.07 Å². The molecule has 0 bridgehead atoms. The molecule has 0 aliphatic heterocycles. The number of fused-ring (bicyclic) bond motifs is 1. The number of aromatic nitrogens is 2. The van der Waals surface area contributed by atoms with Crippen molar-refractivity contribution in [2.45, 2.75) is 6.54 Å². The number of rotatable bonds is 3. The van der Waals surface area contributed by atoms with E-state index in [2.05, 4.69) is 5.10 Å². The van der Waals surface area contributed by atoms with Crippen molar-refractivity contribution in [3.8, 4) is 0 Å². The summed E-state index contributed by atoms with van der Waals surface area (Å²) in [5, 5.41) is 15.1. The van der Waals surface area contributed by atoms with Crippen molar-refractivity contribution >= 4 is 16.6 Å². The van der Waals surface area contributed by atoms with Crippen molar-refractivity contribution < 1.29 is 9.31 Å². The van der Waals surface area contributed by atoms with Gasteiger partial charge in [0.05, 0.1) is 23.2 Å². The maximum absolute atomic E-state index is 12.1. The summed E-state index contributed by atoms with van der Waals surface area (Å²) in [6.07, 6.45) is 1.50. The third-order valence-electron chi connectivity index (χ3n) is 2.13. The fraction of sp³-hybridized carbons (Fsp3) is 0.222. The van der Waals surface area contributed by atoms with Crippen LogP contribution in [0.5, 0.6) is 0 Å². The third-order valence-corrected chi connectivity index (χ3v) is 2.13. The van der Waals surface area contributed by atoms with Gasteiger partial charge >= 0.3 is 0 Å². The third kappa shape index (κ3) is 1.65. The van der Waals surface area contributed by atoms with Crippen LogP contribution in [0.4, 0.5) is 10.1 Å².